The van der Waals surface area contributed by atoms with E-state index in [0.29, 0.717) is 23.2 Å². The quantitative estimate of drug-likeness (QED) is 0.803. The Labute approximate surface area is 142 Å². The number of carbonyl (C=O) groups is 1. The first-order valence-electron chi connectivity index (χ1n) is 9.30. The number of piperidine rings is 1. The number of nitrogens with zero attached hydrogens (tertiary/aromatic N) is 2. The summed E-state index contributed by atoms with van der Waals surface area (Å²) in [4.78, 5) is 19.2. The maximum absolute atomic E-state index is 13.0. The normalized spacial score (nSPS) is 33.2. The highest BCUT2D eigenvalue weighted by Gasteiger charge is 2.64. The molecular weight excluding hydrogens is 300 g/mol. The van der Waals surface area contributed by atoms with Gasteiger partial charge in [-0.3, -0.25) is 9.78 Å². The molecule has 2 bridgehead atoms. The lowest BCUT2D eigenvalue weighted by Gasteiger charge is -2.35. The predicted octanol–water partition coefficient (Wildman–Crippen LogP) is 3.05. The molecule has 3 aliphatic carbocycles. The highest BCUT2D eigenvalue weighted by atomic mass is 16.5. The van der Waals surface area contributed by atoms with Crippen LogP contribution >= 0.6 is 0 Å². The van der Waals surface area contributed by atoms with Gasteiger partial charge in [0.15, 0.2) is 0 Å². The van der Waals surface area contributed by atoms with Crippen LogP contribution in [-0.2, 0) is 4.79 Å². The standard InChI is InChI=1S/C20H24N2O2/c23-19(17-12-14-3-4-18(17)20(14)7-8-20)22-10-5-15(6-11-22)24-16-2-1-9-21-13-16/h1-4,9,13-15,17-18H,5-8,10-12H2/t14-,17-,18-/m1/s1. The van der Waals surface area contributed by atoms with Crippen molar-refractivity contribution in [3.05, 3.63) is 36.7 Å². The Bertz CT molecular complexity index is 659. The fraction of sp³-hybridized carbons (Fsp3) is 0.600. The SMILES string of the molecule is O=C([C@@H]1C[C@H]2C=C[C@H]1C21CC1)N1CCC(Oc2cccnc2)CC1. The molecule has 0 N–H and O–H groups in total. The molecule has 4 nitrogen and oxygen atoms in total. The van der Waals surface area contributed by atoms with Crippen LogP contribution in [0, 0.1) is 23.2 Å². The Morgan fingerprint density at radius 2 is 2.08 bits per heavy atom. The molecule has 3 atom stereocenters. The van der Waals surface area contributed by atoms with Gasteiger partial charge < -0.3 is 9.64 Å². The number of pyridine rings is 1. The summed E-state index contributed by atoms with van der Waals surface area (Å²) in [5, 5.41) is 0. The van der Waals surface area contributed by atoms with Crippen LogP contribution in [-0.4, -0.2) is 35.0 Å². The first kappa shape index (κ1) is 14.5. The minimum absolute atomic E-state index is 0.202. The fourth-order valence-corrected chi connectivity index (χ4v) is 5.29. The van der Waals surface area contributed by atoms with Crippen molar-refractivity contribution in [1.82, 2.24) is 9.88 Å². The topological polar surface area (TPSA) is 42.4 Å². The average Bonchev–Trinajstić information content (AvgIpc) is 3.29. The third-order valence-electron chi connectivity index (χ3n) is 6.73. The molecule has 2 saturated carbocycles. The summed E-state index contributed by atoms with van der Waals surface area (Å²) in [6.45, 7) is 1.66. The van der Waals surface area contributed by atoms with E-state index in [1.54, 1.807) is 12.4 Å². The molecule has 2 heterocycles. The Morgan fingerprint density at radius 1 is 1.25 bits per heavy atom. The number of allylic oxidation sites excluding steroid dienone is 2. The Morgan fingerprint density at radius 3 is 2.75 bits per heavy atom. The first-order chi connectivity index (χ1) is 11.8. The summed E-state index contributed by atoms with van der Waals surface area (Å²) < 4.78 is 5.99. The number of hydrogen-bond acceptors (Lipinski definition) is 3. The molecule has 126 valence electrons. The molecule has 1 saturated heterocycles. The summed E-state index contributed by atoms with van der Waals surface area (Å²) in [6.07, 6.45) is 14.0. The summed E-state index contributed by atoms with van der Waals surface area (Å²) in [5.41, 5.74) is 0.502. The third-order valence-corrected chi connectivity index (χ3v) is 6.73. The predicted molar refractivity (Wildman–Crippen MR) is 90.4 cm³/mol. The van der Waals surface area contributed by atoms with Crippen LogP contribution in [0.2, 0.25) is 0 Å². The molecule has 5 rings (SSSR count). The van der Waals surface area contributed by atoms with E-state index in [-0.39, 0.29) is 12.0 Å². The van der Waals surface area contributed by atoms with E-state index in [9.17, 15) is 4.79 Å². The van der Waals surface area contributed by atoms with Crippen molar-refractivity contribution in [3.63, 3.8) is 0 Å². The van der Waals surface area contributed by atoms with Crippen molar-refractivity contribution in [2.75, 3.05) is 13.1 Å². The largest absolute Gasteiger partial charge is 0.489 e. The highest BCUT2D eigenvalue weighted by molar-refractivity contribution is 5.80. The number of aromatic nitrogens is 1. The average molecular weight is 324 g/mol. The smallest absolute Gasteiger partial charge is 0.226 e. The van der Waals surface area contributed by atoms with Gasteiger partial charge >= 0.3 is 0 Å². The van der Waals surface area contributed by atoms with E-state index in [2.05, 4.69) is 22.0 Å². The third kappa shape index (κ3) is 2.19. The van der Waals surface area contributed by atoms with Crippen molar-refractivity contribution < 1.29 is 9.53 Å². The maximum Gasteiger partial charge on any atom is 0.226 e. The van der Waals surface area contributed by atoms with E-state index >= 15 is 0 Å². The molecule has 1 aromatic rings. The molecule has 0 radical (unpaired) electrons. The van der Waals surface area contributed by atoms with Gasteiger partial charge in [0.2, 0.25) is 5.91 Å². The summed E-state index contributed by atoms with van der Waals surface area (Å²) in [5.74, 6) is 2.69. The number of ether oxygens (including phenoxy) is 1. The molecule has 1 aromatic heterocycles. The van der Waals surface area contributed by atoms with Crippen molar-refractivity contribution in [1.29, 1.82) is 0 Å². The van der Waals surface area contributed by atoms with Gasteiger partial charge in [0.25, 0.3) is 0 Å². The first-order valence-corrected chi connectivity index (χ1v) is 9.30. The zero-order valence-electron chi connectivity index (χ0n) is 13.9. The zero-order chi connectivity index (χ0) is 16.1. The number of amides is 1. The zero-order valence-corrected chi connectivity index (χ0v) is 13.9. The van der Waals surface area contributed by atoms with Gasteiger partial charge in [0, 0.05) is 38.0 Å². The summed E-state index contributed by atoms with van der Waals surface area (Å²) >= 11 is 0. The number of likely N-dealkylation sites (tertiary alicyclic amines) is 1. The number of rotatable bonds is 3. The molecule has 24 heavy (non-hydrogen) atoms. The van der Waals surface area contributed by atoms with Crippen molar-refractivity contribution >= 4 is 5.91 Å². The second-order valence-electron chi connectivity index (χ2n) is 7.92. The molecule has 3 fully saturated rings. The van der Waals surface area contributed by atoms with E-state index in [0.717, 1.165) is 38.1 Å². The molecule has 1 aliphatic heterocycles. The van der Waals surface area contributed by atoms with Crippen LogP contribution in [0.25, 0.3) is 0 Å². The van der Waals surface area contributed by atoms with Crippen LogP contribution in [0.3, 0.4) is 0 Å². The van der Waals surface area contributed by atoms with Crippen LogP contribution in [0.1, 0.15) is 32.1 Å². The van der Waals surface area contributed by atoms with Gasteiger partial charge in [-0.05, 0) is 48.6 Å². The molecule has 1 amide bonds. The van der Waals surface area contributed by atoms with E-state index in [4.69, 9.17) is 4.74 Å². The highest BCUT2D eigenvalue weighted by Crippen LogP contribution is 2.70. The number of carbonyl (C=O) groups excluding carboxylic acids is 1. The van der Waals surface area contributed by atoms with Crippen LogP contribution in [0.5, 0.6) is 5.75 Å². The lowest BCUT2D eigenvalue weighted by atomic mass is 9.87. The number of hydrogen-bond donors (Lipinski definition) is 0. The van der Waals surface area contributed by atoms with E-state index in [1.165, 1.54) is 12.8 Å². The lowest BCUT2D eigenvalue weighted by molar-refractivity contribution is -0.138. The monoisotopic (exact) mass is 324 g/mol. The molecule has 4 aliphatic rings. The van der Waals surface area contributed by atoms with Crippen molar-refractivity contribution in [3.8, 4) is 5.75 Å². The Kier molecular flexibility index (Phi) is 3.22. The molecule has 1 spiro atoms. The molecular formula is C20H24N2O2. The minimum Gasteiger partial charge on any atom is -0.489 e. The van der Waals surface area contributed by atoms with Gasteiger partial charge in [0.1, 0.15) is 11.9 Å². The second-order valence-corrected chi connectivity index (χ2v) is 7.92. The van der Waals surface area contributed by atoms with E-state index in [1.807, 2.05) is 12.1 Å². The van der Waals surface area contributed by atoms with Gasteiger partial charge in [-0.25, -0.2) is 0 Å². The van der Waals surface area contributed by atoms with Crippen LogP contribution in [0.4, 0.5) is 0 Å². The van der Waals surface area contributed by atoms with Gasteiger partial charge in [-0.2, -0.15) is 0 Å². The second kappa shape index (κ2) is 5.33. The van der Waals surface area contributed by atoms with Crippen LogP contribution < -0.4 is 4.74 Å². The van der Waals surface area contributed by atoms with Crippen molar-refractivity contribution in [2.24, 2.45) is 23.2 Å². The Hall–Kier alpha value is -1.84. The van der Waals surface area contributed by atoms with Gasteiger partial charge in [-0.1, -0.05) is 12.2 Å². The maximum atomic E-state index is 13.0. The van der Waals surface area contributed by atoms with Crippen molar-refractivity contribution in [2.45, 2.75) is 38.2 Å². The summed E-state index contributed by atoms with van der Waals surface area (Å²) in [7, 11) is 0. The fourth-order valence-electron chi connectivity index (χ4n) is 5.29. The van der Waals surface area contributed by atoms with Crippen LogP contribution in [0.15, 0.2) is 36.7 Å². The Balaban J connectivity index is 1.19. The summed E-state index contributed by atoms with van der Waals surface area (Å²) in [6, 6.07) is 3.84. The van der Waals surface area contributed by atoms with E-state index < -0.39 is 0 Å². The van der Waals surface area contributed by atoms with Gasteiger partial charge in [-0.15, -0.1) is 0 Å². The molecule has 0 unspecified atom stereocenters. The van der Waals surface area contributed by atoms with Gasteiger partial charge in [0.05, 0.1) is 6.20 Å². The molecule has 0 aromatic carbocycles. The molecule has 4 heteroatoms. The lowest BCUT2D eigenvalue weighted by Crippen LogP contribution is -2.45. The minimum atomic E-state index is 0.202.